The van der Waals surface area contributed by atoms with Crippen LogP contribution in [0.4, 0.5) is 0 Å². The second kappa shape index (κ2) is 11.0. The maximum absolute atomic E-state index is 12.9. The first-order chi connectivity index (χ1) is 18.2. The third kappa shape index (κ3) is 5.87. The summed E-state index contributed by atoms with van der Waals surface area (Å²) in [4.78, 5) is 3.07. The van der Waals surface area contributed by atoms with E-state index in [-0.39, 0.29) is 11.5 Å². The molecule has 4 aromatic rings. The minimum absolute atomic E-state index is 0.0145. The van der Waals surface area contributed by atoms with Gasteiger partial charge in [0.15, 0.2) is 19.7 Å². The van der Waals surface area contributed by atoms with Gasteiger partial charge in [-0.05, 0) is 86.8 Å². The van der Waals surface area contributed by atoms with Crippen LogP contribution >= 0.6 is 0 Å². The summed E-state index contributed by atoms with van der Waals surface area (Å²) in [6.45, 7) is 1.44. The van der Waals surface area contributed by atoms with E-state index in [0.29, 0.717) is 28.8 Å². The molecule has 1 unspecified atom stereocenters. The predicted molar refractivity (Wildman–Crippen MR) is 152 cm³/mol. The van der Waals surface area contributed by atoms with Crippen molar-refractivity contribution in [2.45, 2.75) is 48.1 Å². The molecule has 0 aliphatic carbocycles. The Morgan fingerprint density at radius 1 is 0.816 bits per heavy atom. The third-order valence-corrected chi connectivity index (χ3v) is 11.1. The average Bonchev–Trinajstić information content (AvgIpc) is 3.50. The number of rotatable bonds is 10. The fourth-order valence-corrected chi connectivity index (χ4v) is 7.93. The summed E-state index contributed by atoms with van der Waals surface area (Å²) in [6, 6.07) is 23.7. The van der Waals surface area contributed by atoms with Crippen molar-refractivity contribution in [3.05, 3.63) is 96.2 Å². The van der Waals surface area contributed by atoms with E-state index in [1.165, 1.54) is 12.0 Å². The summed E-state index contributed by atoms with van der Waals surface area (Å²) in [5.74, 6) is 0.0554. The number of sulfone groups is 2. The Labute approximate surface area is 225 Å². The van der Waals surface area contributed by atoms with Crippen LogP contribution in [0.1, 0.15) is 24.0 Å². The quantitative estimate of drug-likeness (QED) is 0.284. The first-order valence-corrected chi connectivity index (χ1v) is 16.4. The number of nitrogens with zero attached hydrogens (tertiary/aromatic N) is 2. The molecule has 38 heavy (non-hydrogen) atoms. The number of likely N-dealkylation sites (N-methyl/N-ethyl adjacent to an activating group) is 1. The summed E-state index contributed by atoms with van der Waals surface area (Å²) in [7, 11) is -4.62. The van der Waals surface area contributed by atoms with Gasteiger partial charge in [-0.25, -0.2) is 16.8 Å². The Kier molecular flexibility index (Phi) is 7.75. The zero-order chi connectivity index (χ0) is 26.8. The largest absolute Gasteiger partial charge is 0.346 e. The van der Waals surface area contributed by atoms with Gasteiger partial charge in [-0.1, -0.05) is 42.5 Å². The molecule has 3 aromatic carbocycles. The average molecular weight is 551 g/mol. The molecule has 1 saturated heterocycles. The van der Waals surface area contributed by atoms with Crippen LogP contribution in [0.5, 0.6) is 0 Å². The molecule has 8 heteroatoms. The van der Waals surface area contributed by atoms with Gasteiger partial charge in [-0.3, -0.25) is 0 Å². The fourth-order valence-electron chi connectivity index (χ4n) is 5.37. The zero-order valence-corrected chi connectivity index (χ0v) is 23.3. The molecule has 0 radical (unpaired) electrons. The molecule has 0 saturated carbocycles. The Bertz CT molecular complexity index is 1610. The van der Waals surface area contributed by atoms with E-state index in [4.69, 9.17) is 0 Å². The lowest BCUT2D eigenvalue weighted by Gasteiger charge is -2.18. The summed E-state index contributed by atoms with van der Waals surface area (Å²) in [5.41, 5.74) is 3.13. The summed E-state index contributed by atoms with van der Waals surface area (Å²) in [5, 5.41) is 1.08. The molecule has 5 rings (SSSR count). The van der Waals surface area contributed by atoms with Crippen molar-refractivity contribution in [3.8, 4) is 0 Å². The molecule has 0 spiro atoms. The summed E-state index contributed by atoms with van der Waals surface area (Å²) >= 11 is 0. The molecule has 0 N–H and O–H groups in total. The smallest absolute Gasteiger partial charge is 0.180 e. The second-order valence-electron chi connectivity index (χ2n) is 10.2. The van der Waals surface area contributed by atoms with Crippen molar-refractivity contribution >= 4 is 30.6 Å². The highest BCUT2D eigenvalue weighted by Gasteiger charge is 2.24. The predicted octanol–water partition coefficient (Wildman–Crippen LogP) is 4.77. The van der Waals surface area contributed by atoms with Gasteiger partial charge in [0.2, 0.25) is 0 Å². The van der Waals surface area contributed by atoms with Crippen LogP contribution in [0.25, 0.3) is 10.9 Å². The fraction of sp³-hybridized carbons (Fsp3) is 0.333. The first-order valence-electron chi connectivity index (χ1n) is 13.1. The number of hydrogen-bond donors (Lipinski definition) is 0. The van der Waals surface area contributed by atoms with Crippen LogP contribution in [-0.2, 0) is 39.1 Å². The van der Waals surface area contributed by atoms with Gasteiger partial charge in [0.1, 0.15) is 0 Å². The van der Waals surface area contributed by atoms with Crippen molar-refractivity contribution in [2.75, 3.05) is 25.1 Å². The van der Waals surface area contributed by atoms with Gasteiger partial charge in [0, 0.05) is 29.7 Å². The number of likely N-dealkylation sites (tertiary alicyclic amines) is 1. The number of benzene rings is 3. The molecule has 1 aliphatic rings. The molecule has 1 aliphatic heterocycles. The number of aromatic nitrogens is 1. The number of fused-ring (bicyclic) bond motifs is 1. The van der Waals surface area contributed by atoms with Crippen molar-refractivity contribution in [1.82, 2.24) is 9.47 Å². The topological polar surface area (TPSA) is 76.5 Å². The highest BCUT2D eigenvalue weighted by Crippen LogP contribution is 2.28. The standard InChI is InChI=1S/C30H34N2O4S2/c1-31-17-8-9-26(31)22-25-23-32(18-20-38(35,36)28-12-6-3-7-13-28)30-15-14-24(21-29(25)30)16-19-37(33,34)27-10-4-2-5-11-27/h2-7,10-15,21,23,26H,8-9,16-20,22H2,1H3. The first kappa shape index (κ1) is 26.7. The van der Waals surface area contributed by atoms with Crippen LogP contribution in [0.2, 0.25) is 0 Å². The van der Waals surface area contributed by atoms with Crippen LogP contribution in [0, 0.1) is 0 Å². The molecule has 6 nitrogen and oxygen atoms in total. The van der Waals surface area contributed by atoms with Crippen molar-refractivity contribution < 1.29 is 16.8 Å². The minimum Gasteiger partial charge on any atom is -0.346 e. The number of aryl methyl sites for hydroxylation is 2. The third-order valence-electron chi connectivity index (χ3n) is 7.62. The lowest BCUT2D eigenvalue weighted by Crippen LogP contribution is -2.26. The lowest BCUT2D eigenvalue weighted by atomic mass is 10.0. The number of hydrogen-bond acceptors (Lipinski definition) is 5. The van der Waals surface area contributed by atoms with Crippen LogP contribution in [0.3, 0.4) is 0 Å². The van der Waals surface area contributed by atoms with Gasteiger partial charge in [-0.15, -0.1) is 0 Å². The zero-order valence-electron chi connectivity index (χ0n) is 21.7. The van der Waals surface area contributed by atoms with Gasteiger partial charge in [-0.2, -0.15) is 0 Å². The van der Waals surface area contributed by atoms with Crippen molar-refractivity contribution in [3.63, 3.8) is 0 Å². The molecular weight excluding hydrogens is 516 g/mol. The maximum Gasteiger partial charge on any atom is 0.180 e. The van der Waals surface area contributed by atoms with E-state index >= 15 is 0 Å². The Morgan fingerprint density at radius 3 is 2.05 bits per heavy atom. The second-order valence-corrected chi connectivity index (χ2v) is 14.4. The van der Waals surface area contributed by atoms with E-state index in [2.05, 4.69) is 24.2 Å². The van der Waals surface area contributed by atoms with E-state index in [9.17, 15) is 16.8 Å². The Balaban J connectivity index is 1.42. The van der Waals surface area contributed by atoms with Crippen LogP contribution in [-0.4, -0.2) is 57.4 Å². The Morgan fingerprint density at radius 2 is 1.45 bits per heavy atom. The van der Waals surface area contributed by atoms with Gasteiger partial charge in [0.05, 0.1) is 21.3 Å². The maximum atomic E-state index is 12.9. The molecular formula is C30H34N2O4S2. The summed E-state index contributed by atoms with van der Waals surface area (Å²) in [6.07, 6.45) is 5.72. The van der Waals surface area contributed by atoms with Gasteiger partial charge >= 0.3 is 0 Å². The van der Waals surface area contributed by atoms with E-state index in [1.807, 2.05) is 28.8 Å². The molecule has 200 valence electrons. The van der Waals surface area contributed by atoms with Gasteiger partial charge in [0.25, 0.3) is 0 Å². The minimum atomic E-state index is -3.40. The molecule has 2 heterocycles. The van der Waals surface area contributed by atoms with Crippen LogP contribution < -0.4 is 0 Å². The van der Waals surface area contributed by atoms with E-state index in [0.717, 1.165) is 35.9 Å². The van der Waals surface area contributed by atoms with Crippen molar-refractivity contribution in [2.24, 2.45) is 0 Å². The highest BCUT2D eigenvalue weighted by atomic mass is 32.2. The molecule has 0 bridgehead atoms. The highest BCUT2D eigenvalue weighted by molar-refractivity contribution is 7.91. The lowest BCUT2D eigenvalue weighted by molar-refractivity contribution is 0.309. The summed E-state index contributed by atoms with van der Waals surface area (Å²) < 4.78 is 53.6. The molecule has 1 aromatic heterocycles. The Hall–Kier alpha value is -2.94. The normalized spacial score (nSPS) is 16.8. The van der Waals surface area contributed by atoms with E-state index < -0.39 is 19.7 Å². The monoisotopic (exact) mass is 550 g/mol. The van der Waals surface area contributed by atoms with E-state index in [1.54, 1.807) is 48.5 Å². The molecule has 1 fully saturated rings. The van der Waals surface area contributed by atoms with Crippen molar-refractivity contribution in [1.29, 1.82) is 0 Å². The molecule has 0 amide bonds. The van der Waals surface area contributed by atoms with Gasteiger partial charge < -0.3 is 9.47 Å². The van der Waals surface area contributed by atoms with Crippen LogP contribution in [0.15, 0.2) is 94.9 Å². The molecule has 1 atom stereocenters. The SMILES string of the molecule is CN1CCCC1Cc1cn(CCS(=O)(=O)c2ccccc2)c2ccc(CCS(=O)(=O)c3ccccc3)cc12.